The molecule has 1 atom stereocenters. The highest BCUT2D eigenvalue weighted by Gasteiger charge is 2.25. The van der Waals surface area contributed by atoms with Gasteiger partial charge in [0.25, 0.3) is 0 Å². The quantitative estimate of drug-likeness (QED) is 0.124. The van der Waals surface area contributed by atoms with Crippen LogP contribution in [0.2, 0.25) is 0 Å². The van der Waals surface area contributed by atoms with Gasteiger partial charge in [0.1, 0.15) is 17.1 Å². The third kappa shape index (κ3) is 8.71. The summed E-state index contributed by atoms with van der Waals surface area (Å²) in [6.07, 6.45) is 0. The maximum absolute atomic E-state index is 12.5. The summed E-state index contributed by atoms with van der Waals surface area (Å²) in [5.74, 6) is -2.03. The van der Waals surface area contributed by atoms with Crippen LogP contribution < -0.4 is 0 Å². The molecule has 0 fully saturated rings. The molecule has 0 spiro atoms. The van der Waals surface area contributed by atoms with E-state index in [2.05, 4.69) is 9.97 Å². The molecule has 0 aliphatic rings. The van der Waals surface area contributed by atoms with E-state index in [1.54, 1.807) is 52.0 Å². The molecule has 1 unspecified atom stereocenters. The molecule has 0 bridgehead atoms. The smallest absolute Gasteiger partial charge is 0.356 e. The van der Waals surface area contributed by atoms with Gasteiger partial charge in [0.15, 0.2) is 0 Å². The lowest BCUT2D eigenvalue weighted by Gasteiger charge is -2.05. The molecule has 2 N–H and O–H groups in total. The first-order valence-corrected chi connectivity index (χ1v) is 15.9. The SMILES string of the molecule is CCOC(=O)CS(=O)c1c(C(=O)OCC)[nH]c2ccccc12.CCOC(=O)CSc1c(C(=O)OCC)[nH]c2ccccc12. The summed E-state index contributed by atoms with van der Waals surface area (Å²) in [5, 5.41) is 1.53. The zero-order chi connectivity index (χ0) is 31.4. The Morgan fingerprint density at radius 2 is 1.16 bits per heavy atom. The fourth-order valence-electron chi connectivity index (χ4n) is 4.03. The maximum atomic E-state index is 12.5. The van der Waals surface area contributed by atoms with Crippen LogP contribution in [0.3, 0.4) is 0 Å². The van der Waals surface area contributed by atoms with Crippen molar-refractivity contribution >= 4 is 68.2 Å². The zero-order valence-corrected chi connectivity index (χ0v) is 26.0. The van der Waals surface area contributed by atoms with E-state index in [-0.39, 0.29) is 41.3 Å². The number of fused-ring (bicyclic) bond motifs is 2. The molecule has 13 heteroatoms. The van der Waals surface area contributed by atoms with Crippen molar-refractivity contribution in [3.8, 4) is 0 Å². The Hall–Kier alpha value is -4.10. The number of thioether (sulfide) groups is 1. The average Bonchev–Trinajstić information content (AvgIpc) is 3.56. The molecule has 230 valence electrons. The van der Waals surface area contributed by atoms with Crippen LogP contribution in [0.15, 0.2) is 58.3 Å². The van der Waals surface area contributed by atoms with Gasteiger partial charge in [-0.3, -0.25) is 13.8 Å². The van der Waals surface area contributed by atoms with Crippen LogP contribution in [-0.2, 0) is 39.3 Å². The molecule has 0 aliphatic heterocycles. The maximum Gasteiger partial charge on any atom is 0.356 e. The number of H-pyrrole nitrogens is 2. The Labute approximate surface area is 255 Å². The van der Waals surface area contributed by atoms with Gasteiger partial charge in [-0.05, 0) is 39.8 Å². The summed E-state index contributed by atoms with van der Waals surface area (Å²) < 4.78 is 32.3. The van der Waals surface area contributed by atoms with Crippen LogP contribution in [0.5, 0.6) is 0 Å². The number of carbonyl (C=O) groups is 4. The lowest BCUT2D eigenvalue weighted by Crippen LogP contribution is -2.16. The largest absolute Gasteiger partial charge is 0.465 e. The number of nitrogens with one attached hydrogen (secondary N) is 2. The third-order valence-electron chi connectivity index (χ3n) is 5.70. The Kier molecular flexibility index (Phi) is 12.8. The van der Waals surface area contributed by atoms with Crippen LogP contribution in [0.1, 0.15) is 48.7 Å². The third-order valence-corrected chi connectivity index (χ3v) is 8.17. The molecular weight excluding hydrogens is 596 g/mol. The summed E-state index contributed by atoms with van der Waals surface area (Å²) in [6, 6.07) is 14.6. The highest BCUT2D eigenvalue weighted by atomic mass is 32.2. The first-order chi connectivity index (χ1) is 20.7. The first kappa shape index (κ1) is 33.4. The Bertz CT molecular complexity index is 1610. The molecule has 0 aliphatic carbocycles. The molecule has 11 nitrogen and oxygen atoms in total. The van der Waals surface area contributed by atoms with Gasteiger partial charge in [0.05, 0.1) is 47.9 Å². The van der Waals surface area contributed by atoms with Crippen LogP contribution in [0.25, 0.3) is 21.8 Å². The summed E-state index contributed by atoms with van der Waals surface area (Å²) in [7, 11) is -1.70. The van der Waals surface area contributed by atoms with Crippen LogP contribution in [0.4, 0.5) is 0 Å². The second kappa shape index (κ2) is 16.5. The van der Waals surface area contributed by atoms with Gasteiger partial charge in [-0.15, -0.1) is 11.8 Å². The number of hydrogen-bond acceptors (Lipinski definition) is 10. The summed E-state index contributed by atoms with van der Waals surface area (Å²) in [6.45, 7) is 7.96. The lowest BCUT2D eigenvalue weighted by molar-refractivity contribution is -0.140. The molecule has 0 amide bonds. The first-order valence-electron chi connectivity index (χ1n) is 13.6. The number of aromatic amines is 2. The molecule has 43 heavy (non-hydrogen) atoms. The van der Waals surface area contributed by atoms with Gasteiger partial charge in [0.2, 0.25) is 0 Å². The van der Waals surface area contributed by atoms with E-state index in [4.69, 9.17) is 18.9 Å². The van der Waals surface area contributed by atoms with Crippen molar-refractivity contribution in [3.63, 3.8) is 0 Å². The van der Waals surface area contributed by atoms with E-state index in [0.29, 0.717) is 29.8 Å². The Morgan fingerprint density at radius 3 is 1.77 bits per heavy atom. The van der Waals surface area contributed by atoms with Gasteiger partial charge >= 0.3 is 23.9 Å². The minimum absolute atomic E-state index is 0.116. The number of hydrogen-bond donors (Lipinski definition) is 2. The number of esters is 4. The van der Waals surface area contributed by atoms with Gasteiger partial charge in [-0.1, -0.05) is 36.4 Å². The molecule has 0 saturated heterocycles. The van der Waals surface area contributed by atoms with Gasteiger partial charge in [0, 0.05) is 26.7 Å². The second-order valence-electron chi connectivity index (χ2n) is 8.58. The average molecular weight is 631 g/mol. The summed E-state index contributed by atoms with van der Waals surface area (Å²) in [5.41, 5.74) is 2.00. The number of para-hydroxylation sites is 2. The Balaban J connectivity index is 0.000000236. The van der Waals surface area contributed by atoms with Crippen molar-refractivity contribution in [2.45, 2.75) is 37.5 Å². The lowest BCUT2D eigenvalue weighted by atomic mass is 10.2. The van der Waals surface area contributed by atoms with Crippen molar-refractivity contribution in [2.24, 2.45) is 0 Å². The molecule has 4 rings (SSSR count). The zero-order valence-electron chi connectivity index (χ0n) is 24.4. The summed E-state index contributed by atoms with van der Waals surface area (Å²) >= 11 is 1.28. The normalized spacial score (nSPS) is 11.3. The highest BCUT2D eigenvalue weighted by molar-refractivity contribution is 8.00. The standard InChI is InChI=1S/C15H17NO5S.C15H17NO4S/c1-3-20-12(17)9-22(19)14-10-7-5-6-8-11(10)16-13(14)15(18)21-4-2;1-3-19-12(17)9-21-14-10-7-5-6-8-11(10)16-13(14)15(18)20-4-2/h5-8,16H,3-4,9H2,1-2H3;5-8,16H,3-4,9H2,1-2H3. The van der Waals surface area contributed by atoms with Crippen LogP contribution in [0, 0.1) is 0 Å². The highest BCUT2D eigenvalue weighted by Crippen LogP contribution is 2.32. The minimum Gasteiger partial charge on any atom is -0.465 e. The van der Waals surface area contributed by atoms with Crippen molar-refractivity contribution in [1.82, 2.24) is 9.97 Å². The van der Waals surface area contributed by atoms with Crippen LogP contribution >= 0.6 is 11.8 Å². The summed E-state index contributed by atoms with van der Waals surface area (Å²) in [4.78, 5) is 54.1. The molecule has 0 radical (unpaired) electrons. The molecule has 4 aromatic rings. The monoisotopic (exact) mass is 630 g/mol. The molecule has 2 aromatic carbocycles. The topological polar surface area (TPSA) is 154 Å². The number of rotatable bonds is 12. The molecule has 0 saturated carbocycles. The predicted octanol–water partition coefficient (Wildman–Crippen LogP) is 5.02. The van der Waals surface area contributed by atoms with E-state index in [1.807, 2.05) is 24.3 Å². The molecule has 2 heterocycles. The van der Waals surface area contributed by atoms with E-state index >= 15 is 0 Å². The van der Waals surface area contributed by atoms with Gasteiger partial charge in [-0.2, -0.15) is 0 Å². The molecule has 2 aromatic heterocycles. The van der Waals surface area contributed by atoms with Crippen molar-refractivity contribution in [2.75, 3.05) is 37.9 Å². The predicted molar refractivity (Wildman–Crippen MR) is 164 cm³/mol. The van der Waals surface area contributed by atoms with E-state index in [1.165, 1.54) is 11.8 Å². The van der Waals surface area contributed by atoms with E-state index in [9.17, 15) is 23.4 Å². The van der Waals surface area contributed by atoms with Gasteiger partial charge < -0.3 is 28.9 Å². The number of ether oxygens (including phenoxy) is 4. The van der Waals surface area contributed by atoms with E-state index < -0.39 is 28.7 Å². The van der Waals surface area contributed by atoms with E-state index in [0.717, 1.165) is 15.8 Å². The minimum atomic E-state index is -1.70. The fourth-order valence-corrected chi connectivity index (χ4v) is 6.21. The number of carbonyl (C=O) groups excluding carboxylic acids is 4. The number of aromatic nitrogens is 2. The van der Waals surface area contributed by atoms with Crippen molar-refractivity contribution < 1.29 is 42.3 Å². The number of benzene rings is 2. The van der Waals surface area contributed by atoms with Crippen LogP contribution in [-0.4, -0.2) is 76.0 Å². The fraction of sp³-hybridized carbons (Fsp3) is 0.333. The van der Waals surface area contributed by atoms with Gasteiger partial charge in [-0.25, -0.2) is 9.59 Å². The Morgan fingerprint density at radius 1 is 0.674 bits per heavy atom. The molecular formula is C30H34N2O9S2. The van der Waals surface area contributed by atoms with Crippen molar-refractivity contribution in [3.05, 3.63) is 59.9 Å². The second-order valence-corrected chi connectivity index (χ2v) is 11.0. The van der Waals surface area contributed by atoms with Crippen molar-refractivity contribution in [1.29, 1.82) is 0 Å².